The zero-order valence-corrected chi connectivity index (χ0v) is 17.2. The molecule has 1 heterocycles. The third kappa shape index (κ3) is 5.74. The van der Waals surface area contributed by atoms with E-state index in [9.17, 15) is 0 Å². The number of ether oxygens (including phenoxy) is 1. The van der Waals surface area contributed by atoms with E-state index >= 15 is 0 Å². The van der Waals surface area contributed by atoms with Crippen molar-refractivity contribution in [2.24, 2.45) is 4.99 Å². The minimum atomic E-state index is 0.568. The average Bonchev–Trinajstić information content (AvgIpc) is 3.08. The molecule has 0 fully saturated rings. The van der Waals surface area contributed by atoms with Gasteiger partial charge in [-0.15, -0.1) is 0 Å². The smallest absolute Gasteiger partial charge is 0.191 e. The van der Waals surface area contributed by atoms with E-state index in [1.165, 1.54) is 11.1 Å². The molecule has 6 heteroatoms. The summed E-state index contributed by atoms with van der Waals surface area (Å²) in [5.74, 6) is 2.65. The summed E-state index contributed by atoms with van der Waals surface area (Å²) >= 11 is 0. The van der Waals surface area contributed by atoms with E-state index in [1.807, 2.05) is 6.07 Å². The van der Waals surface area contributed by atoms with Crippen LogP contribution in [0.1, 0.15) is 48.9 Å². The number of nitrogens with one attached hydrogen (secondary N) is 2. The average molecular weight is 373 g/mol. The van der Waals surface area contributed by atoms with E-state index in [0.29, 0.717) is 6.54 Å². The van der Waals surface area contributed by atoms with Crippen molar-refractivity contribution in [3.05, 3.63) is 46.3 Å². The molecule has 1 aromatic carbocycles. The minimum Gasteiger partial charge on any atom is -0.496 e. The number of nitrogens with zero attached hydrogens (tertiary/aromatic N) is 2. The molecule has 0 aliphatic heterocycles. The molecule has 0 bridgehead atoms. The predicted molar refractivity (Wildman–Crippen MR) is 110 cm³/mol. The van der Waals surface area contributed by atoms with Crippen molar-refractivity contribution in [2.75, 3.05) is 20.2 Å². The van der Waals surface area contributed by atoms with Crippen molar-refractivity contribution in [1.29, 1.82) is 0 Å². The van der Waals surface area contributed by atoms with Crippen molar-refractivity contribution in [1.82, 2.24) is 15.8 Å². The van der Waals surface area contributed by atoms with Crippen molar-refractivity contribution in [3.63, 3.8) is 0 Å². The van der Waals surface area contributed by atoms with Gasteiger partial charge in [-0.05, 0) is 38.3 Å². The standard InChI is InChI=1S/C21H32N4O2/c1-6-18-17(19(7-2)27-25-18)14-24-21(22-8-3)23-12-11-16-13-15(4)9-10-20(16)26-5/h9-10,13H,6-8,11-12,14H2,1-5H3,(H2,22,23,24). The molecule has 0 spiro atoms. The van der Waals surface area contributed by atoms with Crippen molar-refractivity contribution in [3.8, 4) is 5.75 Å². The maximum absolute atomic E-state index is 5.46. The van der Waals surface area contributed by atoms with Crippen molar-refractivity contribution < 1.29 is 9.26 Å². The lowest BCUT2D eigenvalue weighted by Crippen LogP contribution is -2.38. The van der Waals surface area contributed by atoms with E-state index in [-0.39, 0.29) is 0 Å². The van der Waals surface area contributed by atoms with Gasteiger partial charge in [0.1, 0.15) is 11.5 Å². The molecule has 0 radical (unpaired) electrons. The van der Waals surface area contributed by atoms with Crippen LogP contribution >= 0.6 is 0 Å². The second kappa shape index (κ2) is 10.6. The van der Waals surface area contributed by atoms with Crippen LogP contribution < -0.4 is 15.4 Å². The molecule has 0 unspecified atom stereocenters. The second-order valence-corrected chi connectivity index (χ2v) is 6.43. The third-order valence-electron chi connectivity index (χ3n) is 4.47. The Kier molecular flexibility index (Phi) is 8.17. The molecule has 2 N–H and O–H groups in total. The summed E-state index contributed by atoms with van der Waals surface area (Å²) in [5.41, 5.74) is 4.54. The number of guanidine groups is 1. The third-order valence-corrected chi connectivity index (χ3v) is 4.47. The van der Waals surface area contributed by atoms with Gasteiger partial charge in [0, 0.05) is 25.1 Å². The van der Waals surface area contributed by atoms with E-state index < -0.39 is 0 Å². The molecule has 6 nitrogen and oxygen atoms in total. The molecule has 0 aliphatic rings. The normalized spacial score (nSPS) is 11.5. The highest BCUT2D eigenvalue weighted by Crippen LogP contribution is 2.20. The second-order valence-electron chi connectivity index (χ2n) is 6.43. The summed E-state index contributed by atoms with van der Waals surface area (Å²) in [6.45, 7) is 10.5. The minimum absolute atomic E-state index is 0.568. The van der Waals surface area contributed by atoms with Crippen LogP contribution in [0.25, 0.3) is 0 Å². The number of rotatable bonds is 9. The molecule has 0 amide bonds. The first kappa shape index (κ1) is 20.8. The summed E-state index contributed by atoms with van der Waals surface area (Å²) in [4.78, 5) is 4.73. The Hall–Kier alpha value is -2.50. The Balaban J connectivity index is 2.02. The highest BCUT2D eigenvalue weighted by atomic mass is 16.5. The number of aromatic nitrogens is 1. The first-order valence-corrected chi connectivity index (χ1v) is 9.74. The maximum Gasteiger partial charge on any atom is 0.191 e. The molecule has 0 atom stereocenters. The topological polar surface area (TPSA) is 71.7 Å². The molecular weight excluding hydrogens is 340 g/mol. The number of hydrogen-bond donors (Lipinski definition) is 2. The largest absolute Gasteiger partial charge is 0.496 e. The van der Waals surface area contributed by atoms with Crippen LogP contribution in [-0.2, 0) is 25.8 Å². The monoisotopic (exact) mass is 372 g/mol. The van der Waals surface area contributed by atoms with Gasteiger partial charge in [-0.3, -0.25) is 0 Å². The van der Waals surface area contributed by atoms with Gasteiger partial charge < -0.3 is 19.9 Å². The quantitative estimate of drug-likeness (QED) is 0.521. The number of benzene rings is 1. The van der Waals surface area contributed by atoms with Crippen LogP contribution in [0.5, 0.6) is 5.75 Å². The van der Waals surface area contributed by atoms with Gasteiger partial charge in [0.2, 0.25) is 0 Å². The molecule has 0 saturated heterocycles. The lowest BCUT2D eigenvalue weighted by molar-refractivity contribution is 0.380. The summed E-state index contributed by atoms with van der Waals surface area (Å²) in [7, 11) is 1.71. The zero-order valence-electron chi connectivity index (χ0n) is 17.2. The van der Waals surface area contributed by atoms with Crippen LogP contribution in [0.15, 0.2) is 27.7 Å². The molecule has 1 aromatic heterocycles. The molecule has 2 aromatic rings. The van der Waals surface area contributed by atoms with Crippen LogP contribution in [0.4, 0.5) is 0 Å². The van der Waals surface area contributed by atoms with Crippen LogP contribution in [0, 0.1) is 6.92 Å². The van der Waals surface area contributed by atoms with Gasteiger partial charge in [0.25, 0.3) is 0 Å². The molecule has 148 valence electrons. The highest BCUT2D eigenvalue weighted by molar-refractivity contribution is 5.79. The number of aryl methyl sites for hydroxylation is 3. The SMILES string of the molecule is CCNC(=NCc1c(CC)noc1CC)NCCc1cc(C)ccc1OC. The fourth-order valence-corrected chi connectivity index (χ4v) is 3.03. The zero-order chi connectivity index (χ0) is 19.6. The molecule has 0 saturated carbocycles. The first-order valence-electron chi connectivity index (χ1n) is 9.74. The van der Waals surface area contributed by atoms with E-state index in [0.717, 1.165) is 61.1 Å². The first-order chi connectivity index (χ1) is 13.1. The molecule has 2 rings (SSSR count). The molecule has 27 heavy (non-hydrogen) atoms. The van der Waals surface area contributed by atoms with E-state index in [1.54, 1.807) is 7.11 Å². The van der Waals surface area contributed by atoms with Gasteiger partial charge in [-0.25, -0.2) is 4.99 Å². The van der Waals surface area contributed by atoms with Gasteiger partial charge >= 0.3 is 0 Å². The summed E-state index contributed by atoms with van der Waals surface area (Å²) < 4.78 is 10.9. The number of aliphatic imine (C=N–C) groups is 1. The fraction of sp³-hybridized carbons (Fsp3) is 0.524. The van der Waals surface area contributed by atoms with Gasteiger partial charge in [-0.1, -0.05) is 36.7 Å². The number of methoxy groups -OCH3 is 1. The van der Waals surface area contributed by atoms with Gasteiger partial charge in [-0.2, -0.15) is 0 Å². The lowest BCUT2D eigenvalue weighted by Gasteiger charge is -2.13. The summed E-state index contributed by atoms with van der Waals surface area (Å²) in [5, 5.41) is 10.9. The highest BCUT2D eigenvalue weighted by Gasteiger charge is 2.13. The Morgan fingerprint density at radius 1 is 1.19 bits per heavy atom. The summed E-state index contributed by atoms with van der Waals surface area (Å²) in [6.07, 6.45) is 2.55. The van der Waals surface area contributed by atoms with E-state index in [2.05, 4.69) is 55.6 Å². The Morgan fingerprint density at radius 2 is 2.00 bits per heavy atom. The van der Waals surface area contributed by atoms with Gasteiger partial charge in [0.15, 0.2) is 5.96 Å². The maximum atomic E-state index is 5.46. The summed E-state index contributed by atoms with van der Waals surface area (Å²) in [6, 6.07) is 6.26. The van der Waals surface area contributed by atoms with Crippen LogP contribution in [-0.4, -0.2) is 31.3 Å². The van der Waals surface area contributed by atoms with Crippen LogP contribution in [0.2, 0.25) is 0 Å². The lowest BCUT2D eigenvalue weighted by atomic mass is 10.1. The van der Waals surface area contributed by atoms with Crippen molar-refractivity contribution in [2.45, 2.75) is 53.5 Å². The Morgan fingerprint density at radius 3 is 2.67 bits per heavy atom. The molecular formula is C21H32N4O2. The Labute approximate surface area is 162 Å². The van der Waals surface area contributed by atoms with E-state index in [4.69, 9.17) is 14.3 Å². The number of hydrogen-bond acceptors (Lipinski definition) is 4. The van der Waals surface area contributed by atoms with Crippen LogP contribution in [0.3, 0.4) is 0 Å². The predicted octanol–water partition coefficient (Wildman–Crippen LogP) is 3.41. The van der Waals surface area contributed by atoms with Gasteiger partial charge in [0.05, 0.1) is 19.3 Å². The fourth-order valence-electron chi connectivity index (χ4n) is 3.03. The molecule has 0 aliphatic carbocycles. The Bertz CT molecular complexity index is 731. The van der Waals surface area contributed by atoms with Crippen molar-refractivity contribution >= 4 is 5.96 Å².